The van der Waals surface area contributed by atoms with E-state index in [1.165, 1.54) is 0 Å². The molecule has 2 unspecified atom stereocenters. The van der Waals surface area contributed by atoms with Crippen LogP contribution in [0.2, 0.25) is 0 Å². The smallest absolute Gasteiger partial charge is 0.410 e. The van der Waals surface area contributed by atoms with Crippen molar-refractivity contribution in [1.29, 1.82) is 0 Å². The Bertz CT molecular complexity index is 336. The fourth-order valence-corrected chi connectivity index (χ4v) is 2.56. The van der Waals surface area contributed by atoms with Crippen LogP contribution < -0.4 is 5.32 Å². The first-order valence-electron chi connectivity index (χ1n) is 8.14. The Morgan fingerprint density at radius 1 is 1.52 bits per heavy atom. The van der Waals surface area contributed by atoms with Gasteiger partial charge in [-0.05, 0) is 65.8 Å². The van der Waals surface area contributed by atoms with Gasteiger partial charge in [-0.3, -0.25) is 0 Å². The number of amides is 1. The molecule has 1 aliphatic rings. The Morgan fingerprint density at radius 3 is 2.86 bits per heavy atom. The first-order chi connectivity index (χ1) is 9.81. The van der Waals surface area contributed by atoms with Gasteiger partial charge in [0.05, 0.1) is 0 Å². The fourth-order valence-electron chi connectivity index (χ4n) is 2.56. The second-order valence-corrected chi connectivity index (χ2v) is 7.09. The third-order valence-electron chi connectivity index (χ3n) is 3.79. The molecule has 1 aliphatic heterocycles. The van der Waals surface area contributed by atoms with Crippen molar-refractivity contribution < 1.29 is 9.53 Å². The van der Waals surface area contributed by atoms with E-state index in [9.17, 15) is 4.79 Å². The van der Waals surface area contributed by atoms with Crippen molar-refractivity contribution in [3.05, 3.63) is 12.7 Å². The largest absolute Gasteiger partial charge is 0.444 e. The molecule has 4 nitrogen and oxygen atoms in total. The molecule has 1 fully saturated rings. The summed E-state index contributed by atoms with van der Waals surface area (Å²) in [6, 6.07) is 0.534. The van der Waals surface area contributed by atoms with E-state index in [0.29, 0.717) is 12.0 Å². The van der Waals surface area contributed by atoms with Crippen molar-refractivity contribution in [2.45, 2.75) is 65.0 Å². The zero-order valence-corrected chi connectivity index (χ0v) is 14.2. The lowest BCUT2D eigenvalue weighted by molar-refractivity contribution is 0.0287. The minimum atomic E-state index is -0.405. The number of carbonyl (C=O) groups is 1. The topological polar surface area (TPSA) is 41.6 Å². The van der Waals surface area contributed by atoms with Crippen LogP contribution in [0, 0.1) is 5.92 Å². The molecular weight excluding hydrogens is 264 g/mol. The van der Waals surface area contributed by atoms with Crippen LogP contribution in [0.25, 0.3) is 0 Å². The maximum absolute atomic E-state index is 12.0. The van der Waals surface area contributed by atoms with Gasteiger partial charge in [0, 0.05) is 19.1 Å². The zero-order valence-electron chi connectivity index (χ0n) is 14.2. The summed E-state index contributed by atoms with van der Waals surface area (Å²) >= 11 is 0. The highest BCUT2D eigenvalue weighted by atomic mass is 16.6. The molecule has 2 atom stereocenters. The third-order valence-corrected chi connectivity index (χ3v) is 3.79. The molecule has 0 aromatic rings. The van der Waals surface area contributed by atoms with Crippen molar-refractivity contribution in [1.82, 2.24) is 10.2 Å². The van der Waals surface area contributed by atoms with Crippen LogP contribution in [-0.2, 0) is 4.74 Å². The Hall–Kier alpha value is -1.03. The van der Waals surface area contributed by atoms with Gasteiger partial charge in [-0.15, -0.1) is 6.58 Å². The molecule has 1 heterocycles. The normalized spacial score (nSPS) is 20.4. The van der Waals surface area contributed by atoms with Crippen LogP contribution in [0.5, 0.6) is 0 Å². The summed E-state index contributed by atoms with van der Waals surface area (Å²) in [6.45, 7) is 14.4. The number of ether oxygens (including phenoxy) is 1. The molecule has 0 saturated carbocycles. The minimum absolute atomic E-state index is 0.169. The van der Waals surface area contributed by atoms with E-state index in [4.69, 9.17) is 4.74 Å². The first-order valence-corrected chi connectivity index (χ1v) is 8.14. The second kappa shape index (κ2) is 8.42. The van der Waals surface area contributed by atoms with Crippen LogP contribution in [0.3, 0.4) is 0 Å². The van der Waals surface area contributed by atoms with E-state index in [2.05, 4.69) is 18.8 Å². The number of allylic oxidation sites excluding steroid dienone is 1. The third kappa shape index (κ3) is 7.51. The summed E-state index contributed by atoms with van der Waals surface area (Å²) in [4.78, 5) is 13.8. The molecule has 0 aromatic carbocycles. The highest BCUT2D eigenvalue weighted by Gasteiger charge is 2.29. The molecule has 0 spiro atoms. The molecule has 122 valence electrons. The fraction of sp³-hybridized carbons (Fsp3) is 0.824. The summed E-state index contributed by atoms with van der Waals surface area (Å²) < 4.78 is 5.42. The van der Waals surface area contributed by atoms with E-state index in [1.807, 2.05) is 31.7 Å². The van der Waals surface area contributed by atoms with Gasteiger partial charge >= 0.3 is 6.09 Å². The Morgan fingerprint density at radius 2 is 2.24 bits per heavy atom. The van der Waals surface area contributed by atoms with Gasteiger partial charge in [0.2, 0.25) is 0 Å². The summed E-state index contributed by atoms with van der Waals surface area (Å²) in [5, 5.41) is 3.54. The molecule has 1 rings (SSSR count). The molecule has 21 heavy (non-hydrogen) atoms. The van der Waals surface area contributed by atoms with Gasteiger partial charge in [-0.2, -0.15) is 0 Å². The van der Waals surface area contributed by atoms with Crippen LogP contribution in [0.15, 0.2) is 12.7 Å². The van der Waals surface area contributed by atoms with Gasteiger partial charge in [0.25, 0.3) is 0 Å². The van der Waals surface area contributed by atoms with Gasteiger partial charge < -0.3 is 15.0 Å². The van der Waals surface area contributed by atoms with E-state index in [-0.39, 0.29) is 6.09 Å². The predicted octanol–water partition coefficient (Wildman–Crippen LogP) is 3.58. The molecule has 0 aliphatic carbocycles. The highest BCUT2D eigenvalue weighted by Crippen LogP contribution is 2.21. The lowest BCUT2D eigenvalue weighted by Crippen LogP contribution is -2.35. The average Bonchev–Trinajstić information content (AvgIpc) is 2.83. The Kier molecular flexibility index (Phi) is 7.23. The molecule has 1 saturated heterocycles. The number of likely N-dealkylation sites (tertiary alicyclic amines) is 1. The number of nitrogens with one attached hydrogen (secondary N) is 1. The van der Waals surface area contributed by atoms with Crippen LogP contribution in [0.4, 0.5) is 4.79 Å². The predicted molar refractivity (Wildman–Crippen MR) is 87.4 cm³/mol. The number of hydrogen-bond donors (Lipinski definition) is 1. The van der Waals surface area contributed by atoms with Crippen molar-refractivity contribution in [3.8, 4) is 0 Å². The van der Waals surface area contributed by atoms with Gasteiger partial charge in [0.15, 0.2) is 0 Å². The zero-order chi connectivity index (χ0) is 15.9. The van der Waals surface area contributed by atoms with E-state index in [1.54, 1.807) is 0 Å². The second-order valence-electron chi connectivity index (χ2n) is 7.09. The van der Waals surface area contributed by atoms with Crippen molar-refractivity contribution in [2.24, 2.45) is 5.92 Å². The van der Waals surface area contributed by atoms with Crippen molar-refractivity contribution in [3.63, 3.8) is 0 Å². The van der Waals surface area contributed by atoms with Gasteiger partial charge in [-0.1, -0.05) is 6.08 Å². The molecular formula is C17H32N2O2. The molecule has 0 bridgehead atoms. The summed E-state index contributed by atoms with van der Waals surface area (Å²) in [5.74, 6) is 0.594. The monoisotopic (exact) mass is 296 g/mol. The number of rotatable bonds is 7. The van der Waals surface area contributed by atoms with Crippen LogP contribution in [-0.4, -0.2) is 42.3 Å². The van der Waals surface area contributed by atoms with E-state index < -0.39 is 5.60 Å². The molecule has 1 N–H and O–H groups in total. The molecule has 1 amide bonds. The van der Waals surface area contributed by atoms with Crippen molar-refractivity contribution in [2.75, 3.05) is 19.6 Å². The maximum Gasteiger partial charge on any atom is 0.410 e. The van der Waals surface area contributed by atoms with Gasteiger partial charge in [-0.25, -0.2) is 4.79 Å². The number of nitrogens with zero attached hydrogens (tertiary/aromatic N) is 1. The molecule has 4 heteroatoms. The van der Waals surface area contributed by atoms with Gasteiger partial charge in [0.1, 0.15) is 5.60 Å². The standard InChI is InChI=1S/C17H32N2O2/c1-6-7-8-14(2)18-11-9-15-10-12-19(13-15)16(20)21-17(3,4)5/h6,14-15,18H,1,7-13H2,2-5H3. The number of carbonyl (C=O) groups excluding carboxylic acids is 1. The van der Waals surface area contributed by atoms with Crippen molar-refractivity contribution >= 4 is 6.09 Å². The Labute approximate surface area is 129 Å². The number of hydrogen-bond acceptors (Lipinski definition) is 3. The first kappa shape index (κ1) is 18.0. The van der Waals surface area contributed by atoms with E-state index >= 15 is 0 Å². The summed E-state index contributed by atoms with van der Waals surface area (Å²) in [5.41, 5.74) is -0.405. The lowest BCUT2D eigenvalue weighted by atomic mass is 10.0. The highest BCUT2D eigenvalue weighted by molar-refractivity contribution is 5.68. The van der Waals surface area contributed by atoms with Crippen LogP contribution >= 0.6 is 0 Å². The van der Waals surface area contributed by atoms with E-state index in [0.717, 1.165) is 45.3 Å². The molecule has 0 aromatic heterocycles. The maximum atomic E-state index is 12.0. The summed E-state index contributed by atoms with van der Waals surface area (Å²) in [7, 11) is 0. The SMILES string of the molecule is C=CCCC(C)NCCC1CCN(C(=O)OC(C)(C)C)C1. The lowest BCUT2D eigenvalue weighted by Gasteiger charge is -2.24. The van der Waals surface area contributed by atoms with Crippen LogP contribution in [0.1, 0.15) is 53.4 Å². The quantitative estimate of drug-likeness (QED) is 0.730. The summed E-state index contributed by atoms with van der Waals surface area (Å²) in [6.07, 6.45) is 6.20. The Balaban J connectivity index is 2.19. The molecule has 0 radical (unpaired) electrons. The minimum Gasteiger partial charge on any atom is -0.444 e. The average molecular weight is 296 g/mol.